The average molecular weight is 459 g/mol. The minimum Gasteiger partial charge on any atom is -0.486 e. The zero-order valence-electron chi connectivity index (χ0n) is 19.5. The molecule has 2 aromatic heterocycles. The largest absolute Gasteiger partial charge is 0.486 e. The van der Waals surface area contributed by atoms with Crippen molar-refractivity contribution < 1.29 is 14.3 Å². The van der Waals surface area contributed by atoms with Gasteiger partial charge in [-0.2, -0.15) is 0 Å². The fraction of sp³-hybridized carbons (Fsp3) is 0.519. The van der Waals surface area contributed by atoms with Gasteiger partial charge in [0.1, 0.15) is 24.6 Å². The maximum absolute atomic E-state index is 14.1. The predicted molar refractivity (Wildman–Crippen MR) is 128 cm³/mol. The third kappa shape index (κ3) is 3.36. The highest BCUT2D eigenvalue weighted by Crippen LogP contribution is 2.42. The van der Waals surface area contributed by atoms with Crippen molar-refractivity contribution in [2.24, 2.45) is 0 Å². The summed E-state index contributed by atoms with van der Waals surface area (Å²) in [5.74, 6) is 3.23. The third-order valence-corrected chi connectivity index (χ3v) is 7.78. The minimum absolute atomic E-state index is 0.0383. The fourth-order valence-corrected chi connectivity index (χ4v) is 5.84. The molecule has 3 aliphatic heterocycles. The Kier molecular flexibility index (Phi) is 4.77. The molecule has 1 amide bonds. The number of pyridine rings is 1. The zero-order valence-corrected chi connectivity index (χ0v) is 19.5. The Hall–Kier alpha value is -3.09. The van der Waals surface area contributed by atoms with Gasteiger partial charge in [0.2, 0.25) is 0 Å². The normalized spacial score (nSPS) is 22.0. The maximum Gasteiger partial charge on any atom is 0.256 e. The summed E-state index contributed by atoms with van der Waals surface area (Å²) >= 11 is 0. The Bertz CT molecular complexity index is 1280. The number of benzene rings is 1. The Labute approximate surface area is 199 Å². The van der Waals surface area contributed by atoms with E-state index >= 15 is 0 Å². The average Bonchev–Trinajstić information content (AvgIpc) is 3.57. The van der Waals surface area contributed by atoms with Crippen LogP contribution in [0, 0.1) is 0 Å². The lowest BCUT2D eigenvalue weighted by molar-refractivity contribution is 0.0736. The van der Waals surface area contributed by atoms with Crippen molar-refractivity contribution in [3.8, 4) is 11.5 Å². The zero-order chi connectivity index (χ0) is 22.6. The summed E-state index contributed by atoms with van der Waals surface area (Å²) in [6, 6.07) is 8.21. The fourth-order valence-electron chi connectivity index (χ4n) is 5.84. The van der Waals surface area contributed by atoms with E-state index < -0.39 is 0 Å². The summed E-state index contributed by atoms with van der Waals surface area (Å²) in [6.07, 6.45) is 8.77. The molecule has 4 aliphatic rings. The molecule has 7 nitrogen and oxygen atoms in total. The van der Waals surface area contributed by atoms with Crippen LogP contribution in [-0.2, 0) is 13.0 Å². The maximum atomic E-state index is 14.1. The molecule has 1 saturated heterocycles. The molecule has 1 aliphatic carbocycles. The predicted octanol–water partition coefficient (Wildman–Crippen LogP) is 4.78. The van der Waals surface area contributed by atoms with Crippen LogP contribution >= 0.6 is 0 Å². The van der Waals surface area contributed by atoms with Crippen LogP contribution in [0.3, 0.4) is 0 Å². The van der Waals surface area contributed by atoms with Gasteiger partial charge in [-0.05, 0) is 62.3 Å². The second-order valence-electron chi connectivity index (χ2n) is 10.1. The van der Waals surface area contributed by atoms with Crippen molar-refractivity contribution in [3.05, 3.63) is 46.9 Å². The molecule has 3 aromatic rings. The number of fused-ring (bicyclic) bond motifs is 4. The van der Waals surface area contributed by atoms with Gasteiger partial charge in [0, 0.05) is 31.1 Å². The Morgan fingerprint density at radius 3 is 2.68 bits per heavy atom. The Morgan fingerprint density at radius 1 is 0.912 bits per heavy atom. The van der Waals surface area contributed by atoms with Crippen molar-refractivity contribution in [2.45, 2.75) is 69.9 Å². The van der Waals surface area contributed by atoms with Crippen molar-refractivity contribution in [1.29, 1.82) is 0 Å². The standard InChI is InChI=1S/C27H30N4O3/c32-27(30-12-4-5-21(30)18-9-10-22-23(15-18)34-14-13-33-22)19-16-20(17-7-8-17)28-26-25(19)29-24-6-2-1-3-11-31(24)26/h9-10,15-17,21H,1-8,11-14H2/t21-/m0/s1. The monoisotopic (exact) mass is 458 g/mol. The molecule has 7 heteroatoms. The summed E-state index contributed by atoms with van der Waals surface area (Å²) in [5, 5.41) is 0. The lowest BCUT2D eigenvalue weighted by Crippen LogP contribution is -2.31. The summed E-state index contributed by atoms with van der Waals surface area (Å²) in [5.41, 5.74) is 4.62. The lowest BCUT2D eigenvalue weighted by atomic mass is 10.0. The number of likely N-dealkylation sites (tertiary alicyclic amines) is 1. The second kappa shape index (κ2) is 8.00. The van der Waals surface area contributed by atoms with Gasteiger partial charge in [0.25, 0.3) is 5.91 Å². The number of hydrogen-bond acceptors (Lipinski definition) is 5. The number of aryl methyl sites for hydroxylation is 2. The van der Waals surface area contributed by atoms with Crippen LogP contribution in [0.5, 0.6) is 11.5 Å². The number of amides is 1. The number of ether oxygens (including phenoxy) is 2. The first-order valence-electron chi connectivity index (χ1n) is 12.9. The number of hydrogen-bond donors (Lipinski definition) is 0. The smallest absolute Gasteiger partial charge is 0.256 e. The summed E-state index contributed by atoms with van der Waals surface area (Å²) in [4.78, 5) is 26.2. The van der Waals surface area contributed by atoms with E-state index in [0.29, 0.717) is 19.1 Å². The van der Waals surface area contributed by atoms with Crippen molar-refractivity contribution >= 4 is 17.1 Å². The molecule has 176 valence electrons. The van der Waals surface area contributed by atoms with Gasteiger partial charge in [0.05, 0.1) is 11.6 Å². The second-order valence-corrected chi connectivity index (χ2v) is 10.1. The number of aromatic nitrogens is 3. The first kappa shape index (κ1) is 20.3. The Balaban J connectivity index is 1.29. The molecular formula is C27H30N4O3. The highest BCUT2D eigenvalue weighted by atomic mass is 16.6. The van der Waals surface area contributed by atoms with Crippen molar-refractivity contribution in [1.82, 2.24) is 19.4 Å². The van der Waals surface area contributed by atoms with E-state index in [4.69, 9.17) is 19.4 Å². The van der Waals surface area contributed by atoms with Gasteiger partial charge < -0.3 is 18.9 Å². The van der Waals surface area contributed by atoms with E-state index in [1.807, 2.05) is 11.0 Å². The van der Waals surface area contributed by atoms with Crippen LogP contribution in [0.4, 0.5) is 0 Å². The van der Waals surface area contributed by atoms with E-state index in [1.54, 1.807) is 0 Å². The van der Waals surface area contributed by atoms with Crippen LogP contribution in [-0.4, -0.2) is 45.1 Å². The molecule has 0 radical (unpaired) electrons. The van der Waals surface area contributed by atoms with Gasteiger partial charge in [-0.1, -0.05) is 12.5 Å². The van der Waals surface area contributed by atoms with Crippen LogP contribution in [0.2, 0.25) is 0 Å². The molecule has 2 fully saturated rings. The molecule has 1 atom stereocenters. The molecule has 1 saturated carbocycles. The van der Waals surface area contributed by atoms with Gasteiger partial charge in [0.15, 0.2) is 17.1 Å². The van der Waals surface area contributed by atoms with Crippen LogP contribution in [0.1, 0.15) is 84.3 Å². The van der Waals surface area contributed by atoms with Crippen LogP contribution < -0.4 is 9.47 Å². The van der Waals surface area contributed by atoms with Gasteiger partial charge in [-0.25, -0.2) is 9.97 Å². The Morgan fingerprint density at radius 2 is 1.79 bits per heavy atom. The van der Waals surface area contributed by atoms with Gasteiger partial charge in [-0.15, -0.1) is 0 Å². The van der Waals surface area contributed by atoms with Crippen molar-refractivity contribution in [2.75, 3.05) is 19.8 Å². The van der Waals surface area contributed by atoms with Gasteiger partial charge >= 0.3 is 0 Å². The SMILES string of the molecule is O=C(c1cc(C2CC2)nc2c1nc1n2CCCCC1)N1CCC[C@H]1c1ccc2c(c1)OCCO2. The van der Waals surface area contributed by atoms with E-state index in [1.165, 1.54) is 6.42 Å². The molecule has 0 unspecified atom stereocenters. The van der Waals surface area contributed by atoms with Crippen molar-refractivity contribution in [3.63, 3.8) is 0 Å². The van der Waals surface area contributed by atoms with Crippen LogP contribution in [0.15, 0.2) is 24.3 Å². The number of carbonyl (C=O) groups excluding carboxylic acids is 1. The van der Waals surface area contributed by atoms with E-state index in [2.05, 4.69) is 22.8 Å². The summed E-state index contributed by atoms with van der Waals surface area (Å²) in [7, 11) is 0. The molecule has 7 rings (SSSR count). The number of rotatable bonds is 3. The first-order chi connectivity index (χ1) is 16.8. The van der Waals surface area contributed by atoms with Gasteiger partial charge in [-0.3, -0.25) is 4.79 Å². The highest BCUT2D eigenvalue weighted by molar-refractivity contribution is 6.04. The van der Waals surface area contributed by atoms with Crippen LogP contribution in [0.25, 0.3) is 11.2 Å². The first-order valence-corrected chi connectivity index (χ1v) is 12.9. The molecule has 34 heavy (non-hydrogen) atoms. The quantitative estimate of drug-likeness (QED) is 0.565. The molecule has 0 bridgehead atoms. The number of carbonyl (C=O) groups is 1. The molecule has 0 spiro atoms. The number of nitrogens with zero attached hydrogens (tertiary/aromatic N) is 4. The summed E-state index contributed by atoms with van der Waals surface area (Å²) < 4.78 is 13.8. The molecule has 5 heterocycles. The van der Waals surface area contributed by atoms with E-state index in [9.17, 15) is 4.79 Å². The molecule has 0 N–H and O–H groups in total. The molecular weight excluding hydrogens is 428 g/mol. The summed E-state index contributed by atoms with van der Waals surface area (Å²) in [6.45, 7) is 2.85. The third-order valence-electron chi connectivity index (χ3n) is 7.78. The molecule has 1 aromatic carbocycles. The van der Waals surface area contributed by atoms with E-state index in [-0.39, 0.29) is 11.9 Å². The number of imidazole rings is 1. The minimum atomic E-state index is 0.0383. The topological polar surface area (TPSA) is 69.5 Å². The highest BCUT2D eigenvalue weighted by Gasteiger charge is 2.35. The van der Waals surface area contributed by atoms with E-state index in [0.717, 1.165) is 103 Å². The lowest BCUT2D eigenvalue weighted by Gasteiger charge is -2.27.